The largest absolute Gasteiger partial charge is 0.453 e. The topological polar surface area (TPSA) is 12.5 Å². The minimum atomic E-state index is 0.0530. The van der Waals surface area contributed by atoms with Gasteiger partial charge in [-0.2, -0.15) is 0 Å². The maximum absolute atomic E-state index is 6.99. The zero-order valence-corrected chi connectivity index (χ0v) is 37.7. The average molecular weight is 792 g/mol. The van der Waals surface area contributed by atoms with E-state index in [4.69, 9.17) is 4.74 Å². The van der Waals surface area contributed by atoms with Gasteiger partial charge in [-0.05, 0) is 178 Å². The van der Waals surface area contributed by atoms with E-state index in [0.717, 1.165) is 76.5 Å². The summed E-state index contributed by atoms with van der Waals surface area (Å²) in [6.45, 7) is 29.3. The zero-order chi connectivity index (χ0) is 42.8. The molecule has 0 fully saturated rings. The smallest absolute Gasteiger partial charge is 0.151 e. The van der Waals surface area contributed by atoms with Gasteiger partial charge in [0.15, 0.2) is 11.5 Å². The lowest BCUT2D eigenvalue weighted by atomic mass is 9.77. The highest BCUT2D eigenvalue weighted by Gasteiger charge is 2.32. The summed E-state index contributed by atoms with van der Waals surface area (Å²) in [6, 6.07) is 45.8. The van der Waals surface area contributed by atoms with Gasteiger partial charge in [0, 0.05) is 5.69 Å². The molecule has 0 radical (unpaired) electrons. The van der Waals surface area contributed by atoms with Gasteiger partial charge < -0.3 is 9.64 Å². The number of aryl methyl sites for hydroxylation is 1. The Morgan fingerprint density at radius 1 is 0.600 bits per heavy atom. The minimum absolute atomic E-state index is 0.0530. The van der Waals surface area contributed by atoms with E-state index in [-0.39, 0.29) is 10.8 Å². The predicted octanol–water partition coefficient (Wildman–Crippen LogP) is 17.8. The van der Waals surface area contributed by atoms with E-state index in [1.165, 1.54) is 57.3 Å². The van der Waals surface area contributed by atoms with Gasteiger partial charge in [-0.3, -0.25) is 0 Å². The lowest BCUT2D eigenvalue weighted by Gasteiger charge is -2.36. The summed E-state index contributed by atoms with van der Waals surface area (Å²) in [6.07, 6.45) is 8.46. The van der Waals surface area contributed by atoms with Crippen LogP contribution in [0, 0.1) is 6.92 Å². The highest BCUT2D eigenvalue weighted by molar-refractivity contribution is 5.91. The molecule has 1 atom stereocenters. The number of anilines is 3. The summed E-state index contributed by atoms with van der Waals surface area (Å²) in [5.74, 6) is 2.31. The SMILES string of the molecule is C=CC(=C)c1cc(-c2cc(-c3ccc(C)cc3)cc(-c3ccc(C(C)CCC)cc3)c2)cc(N2c3ccc(C(C)(CC)CC)cc3Oc3cc(C(C)(CC)CC)ccc32)c1. The molecule has 0 saturated heterocycles. The van der Waals surface area contributed by atoms with E-state index in [1.807, 2.05) is 6.08 Å². The van der Waals surface area contributed by atoms with Crippen molar-refractivity contribution in [3.63, 3.8) is 0 Å². The average Bonchev–Trinajstić information content (AvgIpc) is 3.29. The van der Waals surface area contributed by atoms with Gasteiger partial charge in [0.2, 0.25) is 0 Å². The van der Waals surface area contributed by atoms with Crippen LogP contribution in [0.4, 0.5) is 17.1 Å². The van der Waals surface area contributed by atoms with Crippen LogP contribution in [-0.2, 0) is 10.8 Å². The molecule has 60 heavy (non-hydrogen) atoms. The molecule has 0 spiro atoms. The van der Waals surface area contributed by atoms with E-state index in [0.29, 0.717) is 5.92 Å². The van der Waals surface area contributed by atoms with Crippen molar-refractivity contribution in [2.75, 3.05) is 4.90 Å². The summed E-state index contributed by atoms with van der Waals surface area (Å²) < 4.78 is 6.99. The lowest BCUT2D eigenvalue weighted by Crippen LogP contribution is -2.22. The summed E-state index contributed by atoms with van der Waals surface area (Å²) in [5, 5.41) is 0. The summed E-state index contributed by atoms with van der Waals surface area (Å²) >= 11 is 0. The number of nitrogens with zero attached hydrogens (tertiary/aromatic N) is 1. The second-order valence-corrected chi connectivity index (χ2v) is 17.8. The van der Waals surface area contributed by atoms with Crippen LogP contribution in [0.3, 0.4) is 0 Å². The molecule has 0 N–H and O–H groups in total. The van der Waals surface area contributed by atoms with Crippen molar-refractivity contribution >= 4 is 22.6 Å². The van der Waals surface area contributed by atoms with Gasteiger partial charge in [-0.15, -0.1) is 0 Å². The van der Waals surface area contributed by atoms with Gasteiger partial charge in [-0.1, -0.05) is 147 Å². The van der Waals surface area contributed by atoms with Crippen LogP contribution in [0.2, 0.25) is 0 Å². The predicted molar refractivity (Wildman–Crippen MR) is 261 cm³/mol. The number of ether oxygens (including phenoxy) is 1. The first-order chi connectivity index (χ1) is 28.9. The molecular weight excluding hydrogens is 727 g/mol. The Balaban J connectivity index is 1.45. The van der Waals surface area contributed by atoms with E-state index in [1.54, 1.807) is 0 Å². The Morgan fingerprint density at radius 2 is 1.07 bits per heavy atom. The Hall–Kier alpha value is -5.60. The molecule has 0 aromatic heterocycles. The molecule has 1 aliphatic heterocycles. The Labute approximate surface area is 361 Å². The van der Waals surface area contributed by atoms with Gasteiger partial charge >= 0.3 is 0 Å². The van der Waals surface area contributed by atoms with Gasteiger partial charge in [-0.25, -0.2) is 0 Å². The quantitative estimate of drug-likeness (QED) is 0.0959. The Morgan fingerprint density at radius 3 is 1.53 bits per heavy atom. The molecule has 1 aliphatic rings. The molecule has 1 heterocycles. The van der Waals surface area contributed by atoms with Crippen LogP contribution >= 0.6 is 0 Å². The van der Waals surface area contributed by atoms with Crippen LogP contribution < -0.4 is 9.64 Å². The van der Waals surface area contributed by atoms with E-state index in [2.05, 4.69) is 202 Å². The van der Waals surface area contributed by atoms with E-state index in [9.17, 15) is 0 Å². The van der Waals surface area contributed by atoms with E-state index >= 15 is 0 Å². The first-order valence-corrected chi connectivity index (χ1v) is 22.4. The first-order valence-electron chi connectivity index (χ1n) is 22.4. The zero-order valence-electron chi connectivity index (χ0n) is 37.7. The normalized spacial score (nSPS) is 13.0. The van der Waals surface area contributed by atoms with Crippen LogP contribution in [0.5, 0.6) is 11.5 Å². The standard InChI is InChI=1S/C58H65NO/c1-12-18-41(9)42-23-25-44(26-24-42)47-32-46(43-21-19-39(7)20-22-43)33-48(34-47)49-31-45(40(8)13-2)35-52(36-49)59-53-29-27-50(57(10,14-3)15-4)37-55(53)60-56-38-51(28-30-54(56)59)58(11,16-5)17-6/h13,19-38,41H,2,8,12,14-18H2,1,3-7,9-11H3. The van der Waals surface area contributed by atoms with Crippen LogP contribution in [0.1, 0.15) is 128 Å². The van der Waals surface area contributed by atoms with Crippen molar-refractivity contribution in [3.8, 4) is 44.9 Å². The van der Waals surface area contributed by atoms with Crippen molar-refractivity contribution in [1.29, 1.82) is 0 Å². The number of rotatable bonds is 15. The second kappa shape index (κ2) is 17.6. The van der Waals surface area contributed by atoms with Gasteiger partial charge in [0.1, 0.15) is 0 Å². The van der Waals surface area contributed by atoms with Crippen LogP contribution in [0.25, 0.3) is 39.0 Å². The van der Waals surface area contributed by atoms with Crippen molar-refractivity contribution in [1.82, 2.24) is 0 Å². The Kier molecular flexibility index (Phi) is 12.4. The van der Waals surface area contributed by atoms with Gasteiger partial charge in [0.25, 0.3) is 0 Å². The number of allylic oxidation sites excluding steroid dienone is 2. The number of hydrogen-bond donors (Lipinski definition) is 0. The molecule has 2 heteroatoms. The molecule has 1 unspecified atom stereocenters. The van der Waals surface area contributed by atoms with E-state index < -0.39 is 0 Å². The fourth-order valence-corrected chi connectivity index (χ4v) is 8.84. The van der Waals surface area contributed by atoms with Crippen molar-refractivity contribution in [3.05, 3.63) is 168 Å². The number of hydrogen-bond acceptors (Lipinski definition) is 2. The monoisotopic (exact) mass is 792 g/mol. The maximum Gasteiger partial charge on any atom is 0.151 e. The molecule has 0 bridgehead atoms. The van der Waals surface area contributed by atoms with Crippen molar-refractivity contribution in [2.24, 2.45) is 0 Å². The van der Waals surface area contributed by atoms with Gasteiger partial charge in [0.05, 0.1) is 11.4 Å². The molecule has 308 valence electrons. The third kappa shape index (κ3) is 8.27. The maximum atomic E-state index is 6.99. The molecule has 7 rings (SSSR count). The summed E-state index contributed by atoms with van der Waals surface area (Å²) in [4.78, 5) is 2.40. The Bertz CT molecular complexity index is 2430. The third-order valence-corrected chi connectivity index (χ3v) is 14.1. The fraction of sp³-hybridized carbons (Fsp3) is 0.310. The summed E-state index contributed by atoms with van der Waals surface area (Å²) in [7, 11) is 0. The fourth-order valence-electron chi connectivity index (χ4n) is 8.84. The summed E-state index contributed by atoms with van der Waals surface area (Å²) in [5.41, 5.74) is 17.4. The lowest BCUT2D eigenvalue weighted by molar-refractivity contribution is 0.425. The van der Waals surface area contributed by atoms with Crippen LogP contribution in [-0.4, -0.2) is 0 Å². The van der Waals surface area contributed by atoms with Crippen LogP contribution in [0.15, 0.2) is 141 Å². The first kappa shape index (κ1) is 42.5. The minimum Gasteiger partial charge on any atom is -0.453 e. The highest BCUT2D eigenvalue weighted by Crippen LogP contribution is 2.54. The highest BCUT2D eigenvalue weighted by atomic mass is 16.5. The number of benzene rings is 6. The van der Waals surface area contributed by atoms with Crippen molar-refractivity contribution in [2.45, 2.75) is 118 Å². The molecule has 6 aromatic carbocycles. The molecule has 0 amide bonds. The molecule has 0 aliphatic carbocycles. The third-order valence-electron chi connectivity index (χ3n) is 14.1. The molecular formula is C58H65NO. The molecule has 0 saturated carbocycles. The molecule has 6 aromatic rings. The number of fused-ring (bicyclic) bond motifs is 2. The molecule has 2 nitrogen and oxygen atoms in total. The second-order valence-electron chi connectivity index (χ2n) is 17.8. The van der Waals surface area contributed by atoms with Crippen molar-refractivity contribution < 1.29 is 4.74 Å².